The molecule has 6 heteroatoms. The summed E-state index contributed by atoms with van der Waals surface area (Å²) in [4.78, 5) is 16.2. The summed E-state index contributed by atoms with van der Waals surface area (Å²) in [5.41, 5.74) is 2.62. The molecule has 0 radical (unpaired) electrons. The first kappa shape index (κ1) is 16.6. The lowest BCUT2D eigenvalue weighted by Gasteiger charge is -2.13. The molecule has 24 heavy (non-hydrogen) atoms. The lowest BCUT2D eigenvalue weighted by Crippen LogP contribution is -2.01. The SMILES string of the molecule is COC(=O)c1ccc2ncc(Cl)c(-c3ccc(Cl)cc3OC)c2c1. The van der Waals surface area contributed by atoms with Crippen LogP contribution in [0.25, 0.3) is 22.0 Å². The van der Waals surface area contributed by atoms with Crippen molar-refractivity contribution < 1.29 is 14.3 Å². The molecule has 1 aromatic heterocycles. The second-order valence-corrected chi connectivity index (χ2v) is 5.89. The van der Waals surface area contributed by atoms with Crippen LogP contribution in [0.1, 0.15) is 10.4 Å². The molecule has 0 aliphatic heterocycles. The average Bonchev–Trinajstić information content (AvgIpc) is 2.61. The Morgan fingerprint density at radius 2 is 1.88 bits per heavy atom. The fraction of sp³-hybridized carbons (Fsp3) is 0.111. The number of methoxy groups -OCH3 is 2. The monoisotopic (exact) mass is 361 g/mol. The van der Waals surface area contributed by atoms with Crippen molar-refractivity contribution in [3.05, 3.63) is 58.2 Å². The molecule has 3 aromatic rings. The summed E-state index contributed by atoms with van der Waals surface area (Å²) in [5.74, 6) is 0.159. The van der Waals surface area contributed by atoms with Crippen LogP contribution in [0.15, 0.2) is 42.6 Å². The number of benzene rings is 2. The van der Waals surface area contributed by atoms with Gasteiger partial charge in [0.15, 0.2) is 0 Å². The van der Waals surface area contributed by atoms with Gasteiger partial charge in [0.25, 0.3) is 0 Å². The Morgan fingerprint density at radius 3 is 2.58 bits per heavy atom. The molecule has 0 saturated carbocycles. The Balaban J connectivity index is 2.34. The minimum absolute atomic E-state index is 0.420. The van der Waals surface area contributed by atoms with Crippen LogP contribution >= 0.6 is 23.2 Å². The highest BCUT2D eigenvalue weighted by Crippen LogP contribution is 2.40. The maximum absolute atomic E-state index is 11.8. The summed E-state index contributed by atoms with van der Waals surface area (Å²) in [6, 6.07) is 10.4. The van der Waals surface area contributed by atoms with Crippen molar-refractivity contribution in [3.8, 4) is 16.9 Å². The molecule has 1 heterocycles. The molecule has 3 rings (SSSR count). The number of fused-ring (bicyclic) bond motifs is 1. The predicted octanol–water partition coefficient (Wildman–Crippen LogP) is 5.00. The molecule has 0 amide bonds. The van der Waals surface area contributed by atoms with E-state index in [-0.39, 0.29) is 0 Å². The maximum Gasteiger partial charge on any atom is 0.337 e. The molecule has 0 aliphatic rings. The highest BCUT2D eigenvalue weighted by molar-refractivity contribution is 6.35. The molecule has 0 spiro atoms. The molecule has 0 unspecified atom stereocenters. The predicted molar refractivity (Wildman–Crippen MR) is 95.1 cm³/mol. The van der Waals surface area contributed by atoms with Gasteiger partial charge in [-0.3, -0.25) is 4.98 Å². The van der Waals surface area contributed by atoms with Crippen molar-refractivity contribution in [2.45, 2.75) is 0 Å². The lowest BCUT2D eigenvalue weighted by atomic mass is 9.99. The first-order chi connectivity index (χ1) is 11.5. The van der Waals surface area contributed by atoms with Gasteiger partial charge in [0.1, 0.15) is 5.75 Å². The average molecular weight is 362 g/mol. The zero-order valence-corrected chi connectivity index (χ0v) is 14.5. The third-order valence-corrected chi connectivity index (χ3v) is 4.20. The maximum atomic E-state index is 11.8. The molecular formula is C18H13Cl2NO3. The van der Waals surface area contributed by atoms with Crippen molar-refractivity contribution in [3.63, 3.8) is 0 Å². The summed E-state index contributed by atoms with van der Waals surface area (Å²) in [7, 11) is 2.90. The van der Waals surface area contributed by atoms with Crippen LogP contribution in [0, 0.1) is 0 Å². The normalized spacial score (nSPS) is 10.7. The minimum atomic E-state index is -0.425. The van der Waals surface area contributed by atoms with E-state index in [1.165, 1.54) is 7.11 Å². The Bertz CT molecular complexity index is 941. The number of halogens is 2. The molecule has 2 aromatic carbocycles. The van der Waals surface area contributed by atoms with Gasteiger partial charge < -0.3 is 9.47 Å². The van der Waals surface area contributed by atoms with Gasteiger partial charge >= 0.3 is 5.97 Å². The lowest BCUT2D eigenvalue weighted by molar-refractivity contribution is 0.0601. The van der Waals surface area contributed by atoms with E-state index in [4.69, 9.17) is 32.7 Å². The van der Waals surface area contributed by atoms with Crippen LogP contribution in [-0.4, -0.2) is 25.2 Å². The molecule has 0 atom stereocenters. The Kier molecular flexibility index (Phi) is 4.60. The molecule has 0 fully saturated rings. The second-order valence-electron chi connectivity index (χ2n) is 5.05. The fourth-order valence-corrected chi connectivity index (χ4v) is 2.97. The van der Waals surface area contributed by atoms with E-state index in [2.05, 4.69) is 4.98 Å². The first-order valence-electron chi connectivity index (χ1n) is 7.05. The number of aromatic nitrogens is 1. The molecule has 0 N–H and O–H groups in total. The Morgan fingerprint density at radius 1 is 1.08 bits per heavy atom. The zero-order valence-electron chi connectivity index (χ0n) is 13.0. The second kappa shape index (κ2) is 6.67. The van der Waals surface area contributed by atoms with Crippen LogP contribution < -0.4 is 4.74 Å². The number of carbonyl (C=O) groups is 1. The van der Waals surface area contributed by atoms with E-state index in [0.29, 0.717) is 26.9 Å². The summed E-state index contributed by atoms with van der Waals surface area (Å²) >= 11 is 12.4. The van der Waals surface area contributed by atoms with Crippen molar-refractivity contribution in [1.29, 1.82) is 0 Å². The fourth-order valence-electron chi connectivity index (χ4n) is 2.56. The number of esters is 1. The van der Waals surface area contributed by atoms with Gasteiger partial charge in [-0.05, 0) is 36.4 Å². The molecule has 0 aliphatic carbocycles. The van der Waals surface area contributed by atoms with Gasteiger partial charge in [-0.25, -0.2) is 4.79 Å². The number of ether oxygens (including phenoxy) is 2. The van der Waals surface area contributed by atoms with Crippen molar-refractivity contribution in [2.75, 3.05) is 14.2 Å². The number of pyridine rings is 1. The summed E-state index contributed by atoms with van der Waals surface area (Å²) < 4.78 is 10.2. The van der Waals surface area contributed by atoms with Crippen molar-refractivity contribution in [1.82, 2.24) is 4.98 Å². The standard InChI is InChI=1S/C18H13Cl2NO3/c1-23-16-8-11(19)4-5-12(16)17-13-7-10(18(22)24-2)3-6-15(13)21-9-14(17)20/h3-9H,1-2H3. The Labute approximate surface area is 148 Å². The van der Waals surface area contributed by atoms with E-state index in [0.717, 1.165) is 16.5 Å². The van der Waals surface area contributed by atoms with E-state index in [1.807, 2.05) is 6.07 Å². The zero-order chi connectivity index (χ0) is 17.3. The highest BCUT2D eigenvalue weighted by Gasteiger charge is 2.16. The summed E-state index contributed by atoms with van der Waals surface area (Å²) in [6.45, 7) is 0. The number of hydrogen-bond donors (Lipinski definition) is 0. The summed E-state index contributed by atoms with van der Waals surface area (Å²) in [5, 5.41) is 1.73. The van der Waals surface area contributed by atoms with Crippen molar-refractivity contribution in [2.24, 2.45) is 0 Å². The van der Waals surface area contributed by atoms with Crippen LogP contribution in [0.2, 0.25) is 10.0 Å². The number of hydrogen-bond acceptors (Lipinski definition) is 4. The van der Waals surface area contributed by atoms with Gasteiger partial charge in [0, 0.05) is 27.7 Å². The van der Waals surface area contributed by atoms with Crippen LogP contribution in [0.3, 0.4) is 0 Å². The van der Waals surface area contributed by atoms with E-state index < -0.39 is 5.97 Å². The third kappa shape index (κ3) is 2.90. The van der Waals surface area contributed by atoms with E-state index >= 15 is 0 Å². The van der Waals surface area contributed by atoms with E-state index in [1.54, 1.807) is 43.6 Å². The van der Waals surface area contributed by atoms with Crippen LogP contribution in [0.4, 0.5) is 0 Å². The van der Waals surface area contributed by atoms with Gasteiger partial charge in [-0.1, -0.05) is 23.2 Å². The van der Waals surface area contributed by atoms with Crippen LogP contribution in [-0.2, 0) is 4.74 Å². The number of rotatable bonds is 3. The quantitative estimate of drug-likeness (QED) is 0.615. The number of nitrogens with zero attached hydrogens (tertiary/aromatic N) is 1. The van der Waals surface area contributed by atoms with Gasteiger partial charge in [-0.15, -0.1) is 0 Å². The minimum Gasteiger partial charge on any atom is -0.496 e. The Hall–Kier alpha value is -2.30. The largest absolute Gasteiger partial charge is 0.496 e. The molecular weight excluding hydrogens is 349 g/mol. The first-order valence-corrected chi connectivity index (χ1v) is 7.81. The smallest absolute Gasteiger partial charge is 0.337 e. The van der Waals surface area contributed by atoms with Gasteiger partial charge in [0.2, 0.25) is 0 Å². The number of carbonyl (C=O) groups excluding carboxylic acids is 1. The topological polar surface area (TPSA) is 48.4 Å². The van der Waals surface area contributed by atoms with Crippen molar-refractivity contribution >= 4 is 40.1 Å². The highest BCUT2D eigenvalue weighted by atomic mass is 35.5. The molecule has 122 valence electrons. The van der Waals surface area contributed by atoms with Crippen LogP contribution in [0.5, 0.6) is 5.75 Å². The molecule has 4 nitrogen and oxygen atoms in total. The van der Waals surface area contributed by atoms with Gasteiger partial charge in [-0.2, -0.15) is 0 Å². The molecule has 0 saturated heterocycles. The molecule has 0 bridgehead atoms. The third-order valence-electron chi connectivity index (χ3n) is 3.68. The van der Waals surface area contributed by atoms with Gasteiger partial charge in [0.05, 0.1) is 30.3 Å². The summed E-state index contributed by atoms with van der Waals surface area (Å²) in [6.07, 6.45) is 1.57. The van der Waals surface area contributed by atoms with E-state index in [9.17, 15) is 4.79 Å².